The molecule has 0 aromatic heterocycles. The molecule has 132 valence electrons. The molecular formula is C18H11F3N2O3. The SMILES string of the molecule is N#Cc1cccc(C2C=C(O)C(=O)N2c2ccc(OC(F)(F)F)cc2)c1. The van der Waals surface area contributed by atoms with E-state index in [4.69, 9.17) is 5.26 Å². The van der Waals surface area contributed by atoms with Crippen molar-refractivity contribution < 1.29 is 27.8 Å². The standard InChI is InChI=1S/C18H11F3N2O3/c19-18(20,21)26-14-6-4-13(5-7-14)23-15(9-16(24)17(23)25)12-3-1-2-11(8-12)10-22/h1-9,15,24H. The van der Waals surface area contributed by atoms with Crippen molar-refractivity contribution >= 4 is 11.6 Å². The van der Waals surface area contributed by atoms with Gasteiger partial charge < -0.3 is 9.84 Å². The largest absolute Gasteiger partial charge is 0.573 e. The van der Waals surface area contributed by atoms with E-state index in [1.54, 1.807) is 24.3 Å². The zero-order valence-electron chi connectivity index (χ0n) is 13.1. The average molecular weight is 360 g/mol. The average Bonchev–Trinajstić information content (AvgIpc) is 2.90. The molecule has 1 atom stereocenters. The minimum absolute atomic E-state index is 0.275. The van der Waals surface area contributed by atoms with Crippen LogP contribution < -0.4 is 9.64 Å². The molecule has 0 saturated heterocycles. The lowest BCUT2D eigenvalue weighted by atomic mass is 10.0. The number of ether oxygens (including phenoxy) is 1. The van der Waals surface area contributed by atoms with E-state index in [2.05, 4.69) is 4.74 Å². The number of nitriles is 1. The minimum atomic E-state index is -4.81. The fraction of sp³-hybridized carbons (Fsp3) is 0.111. The van der Waals surface area contributed by atoms with Crippen LogP contribution in [-0.4, -0.2) is 17.4 Å². The van der Waals surface area contributed by atoms with E-state index in [0.717, 1.165) is 12.1 Å². The highest BCUT2D eigenvalue weighted by Crippen LogP contribution is 2.36. The van der Waals surface area contributed by atoms with Gasteiger partial charge in [0.1, 0.15) is 5.75 Å². The third-order valence-electron chi connectivity index (χ3n) is 3.74. The van der Waals surface area contributed by atoms with Crippen molar-refractivity contribution in [2.24, 2.45) is 0 Å². The maximum atomic E-state index is 12.3. The molecule has 0 fully saturated rings. The van der Waals surface area contributed by atoms with Crippen molar-refractivity contribution in [3.8, 4) is 11.8 Å². The van der Waals surface area contributed by atoms with E-state index in [-0.39, 0.29) is 5.69 Å². The van der Waals surface area contributed by atoms with Gasteiger partial charge in [0.2, 0.25) is 0 Å². The van der Waals surface area contributed by atoms with Gasteiger partial charge in [-0.05, 0) is 48.0 Å². The first-order chi connectivity index (χ1) is 12.3. The van der Waals surface area contributed by atoms with E-state index in [1.807, 2.05) is 6.07 Å². The molecule has 0 radical (unpaired) electrons. The monoisotopic (exact) mass is 360 g/mol. The molecule has 1 amide bonds. The van der Waals surface area contributed by atoms with Crippen LogP contribution in [-0.2, 0) is 4.79 Å². The lowest BCUT2D eigenvalue weighted by molar-refractivity contribution is -0.274. The number of halogens is 3. The zero-order valence-corrected chi connectivity index (χ0v) is 13.1. The van der Waals surface area contributed by atoms with Crippen molar-refractivity contribution in [2.45, 2.75) is 12.4 Å². The Hall–Kier alpha value is -3.47. The van der Waals surface area contributed by atoms with Crippen LogP contribution in [0.5, 0.6) is 5.75 Å². The van der Waals surface area contributed by atoms with Gasteiger partial charge in [-0.2, -0.15) is 5.26 Å². The second-order valence-corrected chi connectivity index (χ2v) is 5.45. The van der Waals surface area contributed by atoms with E-state index in [9.17, 15) is 23.1 Å². The van der Waals surface area contributed by atoms with Crippen molar-refractivity contribution in [1.82, 2.24) is 0 Å². The number of carbonyl (C=O) groups excluding carboxylic acids is 1. The topological polar surface area (TPSA) is 73.6 Å². The summed E-state index contributed by atoms with van der Waals surface area (Å²) in [7, 11) is 0. The number of rotatable bonds is 3. The Morgan fingerprint density at radius 3 is 2.46 bits per heavy atom. The number of benzene rings is 2. The van der Waals surface area contributed by atoms with Crippen LogP contribution >= 0.6 is 0 Å². The summed E-state index contributed by atoms with van der Waals surface area (Å²) in [6.07, 6.45) is -3.50. The maximum Gasteiger partial charge on any atom is 0.573 e. The molecule has 1 heterocycles. The van der Waals surface area contributed by atoms with Gasteiger partial charge in [0.15, 0.2) is 5.76 Å². The van der Waals surface area contributed by atoms with Gasteiger partial charge in [-0.15, -0.1) is 13.2 Å². The number of nitrogens with zero attached hydrogens (tertiary/aromatic N) is 2. The number of aliphatic hydroxyl groups is 1. The predicted octanol–water partition coefficient (Wildman–Crippen LogP) is 3.99. The molecule has 2 aromatic carbocycles. The van der Waals surface area contributed by atoms with Crippen LogP contribution in [0.4, 0.5) is 18.9 Å². The molecule has 2 aromatic rings. The normalized spacial score (nSPS) is 17.0. The maximum absolute atomic E-state index is 12.3. The first kappa shape index (κ1) is 17.4. The van der Waals surface area contributed by atoms with Crippen molar-refractivity contribution in [2.75, 3.05) is 4.90 Å². The summed E-state index contributed by atoms with van der Waals surface area (Å²) in [5.41, 5.74) is 1.23. The molecule has 3 rings (SSSR count). The summed E-state index contributed by atoms with van der Waals surface area (Å²) >= 11 is 0. The molecular weight excluding hydrogens is 349 g/mol. The lowest BCUT2D eigenvalue weighted by Crippen LogP contribution is -2.29. The van der Waals surface area contributed by atoms with Crippen molar-refractivity contribution in [3.05, 3.63) is 71.5 Å². The lowest BCUT2D eigenvalue weighted by Gasteiger charge is -2.25. The van der Waals surface area contributed by atoms with Gasteiger partial charge in [-0.25, -0.2) is 0 Å². The molecule has 0 bridgehead atoms. The third-order valence-corrected chi connectivity index (χ3v) is 3.74. The quantitative estimate of drug-likeness (QED) is 0.898. The second kappa shape index (κ2) is 6.44. The summed E-state index contributed by atoms with van der Waals surface area (Å²) in [6, 6.07) is 12.5. The van der Waals surface area contributed by atoms with Gasteiger partial charge in [0.05, 0.1) is 17.7 Å². The van der Waals surface area contributed by atoms with E-state index < -0.39 is 29.8 Å². The number of aliphatic hydroxyl groups excluding tert-OH is 1. The van der Waals surface area contributed by atoms with Gasteiger partial charge in [0.25, 0.3) is 5.91 Å². The Morgan fingerprint density at radius 1 is 1.15 bits per heavy atom. The molecule has 0 aliphatic carbocycles. The van der Waals surface area contributed by atoms with Gasteiger partial charge in [-0.1, -0.05) is 12.1 Å². The van der Waals surface area contributed by atoms with E-state index in [0.29, 0.717) is 11.1 Å². The molecule has 5 nitrogen and oxygen atoms in total. The zero-order chi connectivity index (χ0) is 18.9. The van der Waals surface area contributed by atoms with Crippen LogP contribution in [0.1, 0.15) is 17.2 Å². The molecule has 1 unspecified atom stereocenters. The van der Waals surface area contributed by atoms with Gasteiger partial charge in [0, 0.05) is 5.69 Å². The number of alkyl halides is 3. The molecule has 0 spiro atoms. The number of anilines is 1. The number of amides is 1. The Morgan fingerprint density at radius 2 is 1.85 bits per heavy atom. The predicted molar refractivity (Wildman–Crippen MR) is 85.2 cm³/mol. The summed E-state index contributed by atoms with van der Waals surface area (Å²) in [5, 5.41) is 18.8. The Kier molecular flexibility index (Phi) is 4.30. The van der Waals surface area contributed by atoms with Crippen molar-refractivity contribution in [1.29, 1.82) is 5.26 Å². The second-order valence-electron chi connectivity index (χ2n) is 5.45. The molecule has 1 N–H and O–H groups in total. The highest BCUT2D eigenvalue weighted by atomic mass is 19.4. The summed E-state index contributed by atoms with van der Waals surface area (Å²) in [4.78, 5) is 13.5. The van der Waals surface area contributed by atoms with Crippen LogP contribution in [0.25, 0.3) is 0 Å². The van der Waals surface area contributed by atoms with E-state index >= 15 is 0 Å². The smallest absolute Gasteiger partial charge is 0.503 e. The summed E-state index contributed by atoms with van der Waals surface area (Å²) in [6.45, 7) is 0. The van der Waals surface area contributed by atoms with Gasteiger partial charge in [-0.3, -0.25) is 9.69 Å². The van der Waals surface area contributed by atoms with Crippen LogP contribution in [0.15, 0.2) is 60.4 Å². The highest BCUT2D eigenvalue weighted by Gasteiger charge is 2.35. The number of carbonyl (C=O) groups is 1. The fourth-order valence-electron chi connectivity index (χ4n) is 2.67. The molecule has 8 heteroatoms. The number of hydrogen-bond acceptors (Lipinski definition) is 4. The molecule has 1 aliphatic heterocycles. The first-order valence-electron chi connectivity index (χ1n) is 7.39. The molecule has 0 saturated carbocycles. The molecule has 26 heavy (non-hydrogen) atoms. The fourth-order valence-corrected chi connectivity index (χ4v) is 2.67. The minimum Gasteiger partial charge on any atom is -0.503 e. The van der Waals surface area contributed by atoms with Crippen LogP contribution in [0, 0.1) is 11.3 Å². The van der Waals surface area contributed by atoms with Gasteiger partial charge >= 0.3 is 6.36 Å². The third kappa shape index (κ3) is 3.47. The Labute approximate surface area is 146 Å². The Bertz CT molecular complexity index is 915. The highest BCUT2D eigenvalue weighted by molar-refractivity contribution is 6.07. The van der Waals surface area contributed by atoms with Crippen LogP contribution in [0.2, 0.25) is 0 Å². The summed E-state index contributed by atoms with van der Waals surface area (Å²) < 4.78 is 40.6. The molecule has 1 aliphatic rings. The van der Waals surface area contributed by atoms with Crippen molar-refractivity contribution in [3.63, 3.8) is 0 Å². The number of hydrogen-bond donors (Lipinski definition) is 1. The van der Waals surface area contributed by atoms with Crippen LogP contribution in [0.3, 0.4) is 0 Å². The summed E-state index contributed by atoms with van der Waals surface area (Å²) in [5.74, 6) is -1.59. The first-order valence-corrected chi connectivity index (χ1v) is 7.39. The Balaban J connectivity index is 1.94. The van der Waals surface area contributed by atoms with E-state index in [1.165, 1.54) is 23.1 Å².